The molecule has 0 aliphatic rings. The van der Waals surface area contributed by atoms with Crippen LogP contribution in [0.5, 0.6) is 11.5 Å². The highest BCUT2D eigenvalue weighted by Gasteiger charge is 2.11. The molecule has 0 atom stereocenters. The number of aliphatic hydroxyl groups excluding tert-OH is 1. The van der Waals surface area contributed by atoms with Crippen LogP contribution in [0.3, 0.4) is 0 Å². The number of nitrogens with one attached hydrogen (secondary N) is 1. The summed E-state index contributed by atoms with van der Waals surface area (Å²) in [5, 5.41) is 16.3. The minimum Gasteiger partial charge on any atom is -0.493 e. The second-order valence-electron chi connectivity index (χ2n) is 6.34. The Labute approximate surface area is 175 Å². The number of imidazole rings is 1. The van der Waals surface area contributed by atoms with Gasteiger partial charge in [-0.25, -0.2) is 4.98 Å². The number of hydrogen-bond acceptors (Lipinski definition) is 6. The minimum atomic E-state index is -0.250. The van der Waals surface area contributed by atoms with Crippen LogP contribution in [0.1, 0.15) is 17.0 Å². The number of carboxylic acid groups (broad SMARTS) is 1. The lowest BCUT2D eigenvalue weighted by Crippen LogP contribution is -2.26. The Hall–Kier alpha value is -3.36. The SMILES string of the molecule is COc1ccc(CN(CCO)Cc2ncc[nH]2)cc1OCc1ccccc1.O=CO. The average molecular weight is 413 g/mol. The quantitative estimate of drug-likeness (QED) is 0.439. The zero-order valence-corrected chi connectivity index (χ0v) is 16.9. The fraction of sp³-hybridized carbons (Fsp3) is 0.273. The van der Waals surface area contributed by atoms with Crippen LogP contribution < -0.4 is 9.47 Å². The molecule has 0 fully saturated rings. The summed E-state index contributed by atoms with van der Waals surface area (Å²) < 4.78 is 11.4. The van der Waals surface area contributed by atoms with Crippen LogP contribution in [0.15, 0.2) is 60.9 Å². The van der Waals surface area contributed by atoms with E-state index in [-0.39, 0.29) is 13.1 Å². The van der Waals surface area contributed by atoms with E-state index in [1.165, 1.54) is 0 Å². The summed E-state index contributed by atoms with van der Waals surface area (Å²) in [7, 11) is 1.64. The van der Waals surface area contributed by atoms with Crippen molar-refractivity contribution in [1.82, 2.24) is 14.9 Å². The number of ether oxygens (including phenoxy) is 2. The van der Waals surface area contributed by atoms with Crippen molar-refractivity contribution in [2.75, 3.05) is 20.3 Å². The van der Waals surface area contributed by atoms with Crippen LogP contribution in [0.4, 0.5) is 0 Å². The summed E-state index contributed by atoms with van der Waals surface area (Å²) in [6, 6.07) is 16.0. The number of H-pyrrole nitrogens is 1. The smallest absolute Gasteiger partial charge is 0.290 e. The number of rotatable bonds is 10. The average Bonchev–Trinajstić information content (AvgIpc) is 3.27. The molecule has 0 bridgehead atoms. The molecule has 3 N–H and O–H groups in total. The molecule has 8 nitrogen and oxygen atoms in total. The highest BCUT2D eigenvalue weighted by molar-refractivity contribution is 5.43. The third-order valence-corrected chi connectivity index (χ3v) is 4.22. The fourth-order valence-electron chi connectivity index (χ4n) is 2.88. The number of aliphatic hydroxyl groups is 1. The zero-order chi connectivity index (χ0) is 21.6. The standard InChI is InChI=1S/C21H25N3O3.CH2O2/c1-26-19-8-7-18(13-20(19)27-16-17-5-3-2-4-6-17)14-24(11-12-25)15-21-22-9-10-23-21;2-1-3/h2-10,13,25H,11-12,14-16H2,1H3,(H,22,23);1H,(H,2,3). The highest BCUT2D eigenvalue weighted by Crippen LogP contribution is 2.29. The number of methoxy groups -OCH3 is 1. The van der Waals surface area contributed by atoms with Gasteiger partial charge >= 0.3 is 0 Å². The first-order chi connectivity index (χ1) is 14.7. The highest BCUT2D eigenvalue weighted by atomic mass is 16.5. The molecule has 0 unspecified atom stereocenters. The Morgan fingerprint density at radius 3 is 2.50 bits per heavy atom. The molecular weight excluding hydrogens is 386 g/mol. The van der Waals surface area contributed by atoms with Crippen molar-refractivity contribution in [1.29, 1.82) is 0 Å². The van der Waals surface area contributed by atoms with Crippen LogP contribution >= 0.6 is 0 Å². The van der Waals surface area contributed by atoms with Crippen molar-refractivity contribution in [3.05, 3.63) is 77.9 Å². The Kier molecular flexibility index (Phi) is 9.91. The molecule has 1 heterocycles. The lowest BCUT2D eigenvalue weighted by Gasteiger charge is -2.21. The first-order valence-corrected chi connectivity index (χ1v) is 9.43. The van der Waals surface area contributed by atoms with Crippen molar-refractivity contribution >= 4 is 6.47 Å². The largest absolute Gasteiger partial charge is 0.493 e. The molecule has 0 saturated heterocycles. The topological polar surface area (TPSA) is 108 Å². The molecule has 0 aliphatic carbocycles. The van der Waals surface area contributed by atoms with E-state index in [4.69, 9.17) is 19.4 Å². The normalized spacial score (nSPS) is 10.2. The van der Waals surface area contributed by atoms with Gasteiger partial charge in [-0.15, -0.1) is 0 Å². The van der Waals surface area contributed by atoms with Crippen molar-refractivity contribution in [2.45, 2.75) is 19.7 Å². The van der Waals surface area contributed by atoms with E-state index in [2.05, 4.69) is 14.9 Å². The molecule has 0 aliphatic heterocycles. The Morgan fingerprint density at radius 1 is 1.10 bits per heavy atom. The van der Waals surface area contributed by atoms with Crippen molar-refractivity contribution in [3.63, 3.8) is 0 Å². The summed E-state index contributed by atoms with van der Waals surface area (Å²) in [6.45, 7) is 2.20. The van der Waals surface area contributed by atoms with Crippen LogP contribution in [0, 0.1) is 0 Å². The molecule has 0 spiro atoms. The van der Waals surface area contributed by atoms with E-state index in [0.717, 1.165) is 17.0 Å². The van der Waals surface area contributed by atoms with Gasteiger partial charge in [-0.3, -0.25) is 9.69 Å². The van der Waals surface area contributed by atoms with E-state index in [0.29, 0.717) is 37.7 Å². The van der Waals surface area contributed by atoms with Crippen LogP contribution in [0.2, 0.25) is 0 Å². The van der Waals surface area contributed by atoms with E-state index in [9.17, 15) is 5.11 Å². The molecule has 3 aromatic rings. The van der Waals surface area contributed by atoms with Gasteiger partial charge in [-0.05, 0) is 23.3 Å². The zero-order valence-electron chi connectivity index (χ0n) is 16.9. The number of hydrogen-bond donors (Lipinski definition) is 3. The van der Waals surface area contributed by atoms with Gasteiger partial charge in [-0.2, -0.15) is 0 Å². The lowest BCUT2D eigenvalue weighted by atomic mass is 10.1. The first kappa shape index (κ1) is 22.9. The van der Waals surface area contributed by atoms with Gasteiger partial charge < -0.3 is 24.7 Å². The maximum atomic E-state index is 9.37. The minimum absolute atomic E-state index is 0.0915. The number of carbonyl (C=O) groups is 1. The number of nitrogens with zero attached hydrogens (tertiary/aromatic N) is 2. The Morgan fingerprint density at radius 2 is 1.87 bits per heavy atom. The molecule has 3 rings (SSSR count). The monoisotopic (exact) mass is 413 g/mol. The first-order valence-electron chi connectivity index (χ1n) is 9.43. The molecule has 0 radical (unpaired) electrons. The molecule has 1 aromatic heterocycles. The van der Waals surface area contributed by atoms with Gasteiger partial charge in [0.25, 0.3) is 6.47 Å². The second-order valence-corrected chi connectivity index (χ2v) is 6.34. The summed E-state index contributed by atoms with van der Waals surface area (Å²) >= 11 is 0. The number of benzene rings is 2. The van der Waals surface area contributed by atoms with E-state index < -0.39 is 0 Å². The van der Waals surface area contributed by atoms with Crippen LogP contribution in [-0.2, 0) is 24.5 Å². The second kappa shape index (κ2) is 13.0. The summed E-state index contributed by atoms with van der Waals surface area (Å²) in [4.78, 5) is 17.9. The summed E-state index contributed by atoms with van der Waals surface area (Å²) in [5.41, 5.74) is 2.18. The molecule has 8 heteroatoms. The van der Waals surface area contributed by atoms with Crippen molar-refractivity contribution in [2.24, 2.45) is 0 Å². The Balaban J connectivity index is 0.00000101. The van der Waals surface area contributed by atoms with Crippen molar-refractivity contribution in [3.8, 4) is 11.5 Å². The van der Waals surface area contributed by atoms with Crippen LogP contribution in [0.25, 0.3) is 0 Å². The fourth-order valence-corrected chi connectivity index (χ4v) is 2.88. The van der Waals surface area contributed by atoms with E-state index in [1.54, 1.807) is 19.5 Å². The molecular formula is C22H27N3O5. The molecule has 30 heavy (non-hydrogen) atoms. The van der Waals surface area contributed by atoms with Gasteiger partial charge in [0.15, 0.2) is 11.5 Å². The molecule has 160 valence electrons. The van der Waals surface area contributed by atoms with Gasteiger partial charge in [0, 0.05) is 25.5 Å². The number of aromatic nitrogens is 2. The summed E-state index contributed by atoms with van der Waals surface area (Å²) in [6.07, 6.45) is 3.53. The van der Waals surface area contributed by atoms with Gasteiger partial charge in [-0.1, -0.05) is 36.4 Å². The molecule has 0 amide bonds. The predicted octanol–water partition coefficient (Wildman–Crippen LogP) is 2.69. The van der Waals surface area contributed by atoms with Crippen LogP contribution in [-0.4, -0.2) is 51.8 Å². The lowest BCUT2D eigenvalue weighted by molar-refractivity contribution is -0.122. The third kappa shape index (κ3) is 7.57. The van der Waals surface area contributed by atoms with E-state index >= 15 is 0 Å². The molecule has 0 saturated carbocycles. The van der Waals surface area contributed by atoms with Gasteiger partial charge in [0.1, 0.15) is 12.4 Å². The van der Waals surface area contributed by atoms with E-state index in [1.807, 2.05) is 48.5 Å². The van der Waals surface area contributed by atoms with Crippen molar-refractivity contribution < 1.29 is 24.5 Å². The van der Waals surface area contributed by atoms with Gasteiger partial charge in [0.2, 0.25) is 0 Å². The third-order valence-electron chi connectivity index (χ3n) is 4.22. The Bertz CT molecular complexity index is 856. The number of aromatic amines is 1. The predicted molar refractivity (Wildman–Crippen MR) is 112 cm³/mol. The summed E-state index contributed by atoms with van der Waals surface area (Å²) in [5.74, 6) is 2.28. The maximum Gasteiger partial charge on any atom is 0.290 e. The van der Waals surface area contributed by atoms with Gasteiger partial charge in [0.05, 0.1) is 20.3 Å². The molecule has 2 aromatic carbocycles. The maximum absolute atomic E-state index is 9.37.